The lowest BCUT2D eigenvalue weighted by atomic mass is 9.90. The van der Waals surface area contributed by atoms with Crippen LogP contribution in [-0.2, 0) is 12.8 Å². The van der Waals surface area contributed by atoms with Crippen molar-refractivity contribution in [2.24, 2.45) is 5.92 Å². The summed E-state index contributed by atoms with van der Waals surface area (Å²) in [4.78, 5) is 2.62. The number of hydrogen-bond acceptors (Lipinski definition) is 3. The molecule has 2 aromatic rings. The van der Waals surface area contributed by atoms with Gasteiger partial charge in [0, 0.05) is 23.3 Å². The van der Waals surface area contributed by atoms with E-state index in [4.69, 9.17) is 16.3 Å². The molecule has 0 radical (unpaired) electrons. The predicted octanol–water partition coefficient (Wildman–Crippen LogP) is 5.42. The normalized spacial score (nSPS) is 20.2. The molecule has 0 saturated carbocycles. The van der Waals surface area contributed by atoms with E-state index in [1.807, 2.05) is 12.1 Å². The van der Waals surface area contributed by atoms with E-state index in [-0.39, 0.29) is 6.10 Å². The van der Waals surface area contributed by atoms with E-state index in [0.717, 1.165) is 30.2 Å². The Labute approximate surface area is 174 Å². The first-order chi connectivity index (χ1) is 13.6. The minimum absolute atomic E-state index is 0.188. The van der Waals surface area contributed by atoms with Crippen molar-refractivity contribution in [3.63, 3.8) is 0 Å². The molecule has 2 aliphatic heterocycles. The van der Waals surface area contributed by atoms with Crippen LogP contribution in [0.1, 0.15) is 37.8 Å². The molecule has 0 bridgehead atoms. The van der Waals surface area contributed by atoms with E-state index < -0.39 is 0 Å². The maximum absolute atomic E-state index is 6.46. The van der Waals surface area contributed by atoms with Crippen LogP contribution in [0.3, 0.4) is 0 Å². The van der Waals surface area contributed by atoms with Crippen LogP contribution in [0.25, 0.3) is 0 Å². The van der Waals surface area contributed by atoms with Gasteiger partial charge in [-0.05, 0) is 93.9 Å². The van der Waals surface area contributed by atoms with Crippen molar-refractivity contribution in [2.75, 3.05) is 25.0 Å². The standard InChI is InChI=1S/C24H31ClN2O/c1-17(2)28-22-7-8-23(25)20(15-22)13-18-9-11-27(12-10-18)16-21-14-19-5-3-4-6-24(19)26-21/h3-8,15,17-18,21,26H,9-14,16H2,1-2H3. The molecule has 0 aromatic heterocycles. The van der Waals surface area contributed by atoms with Crippen molar-refractivity contribution in [1.29, 1.82) is 0 Å². The van der Waals surface area contributed by atoms with E-state index >= 15 is 0 Å². The zero-order chi connectivity index (χ0) is 19.5. The molecule has 150 valence electrons. The first kappa shape index (κ1) is 19.6. The topological polar surface area (TPSA) is 24.5 Å². The Morgan fingerprint density at radius 2 is 1.93 bits per heavy atom. The minimum atomic E-state index is 0.188. The monoisotopic (exact) mass is 398 g/mol. The van der Waals surface area contributed by atoms with Crippen molar-refractivity contribution in [3.8, 4) is 5.75 Å². The Hall–Kier alpha value is -1.71. The second-order valence-corrected chi connectivity index (χ2v) is 8.98. The van der Waals surface area contributed by atoms with Gasteiger partial charge in [0.1, 0.15) is 5.75 Å². The van der Waals surface area contributed by atoms with Crippen molar-refractivity contribution in [2.45, 2.75) is 51.7 Å². The second-order valence-electron chi connectivity index (χ2n) is 8.57. The van der Waals surface area contributed by atoms with Gasteiger partial charge in [0.25, 0.3) is 0 Å². The molecule has 1 N–H and O–H groups in total. The molecule has 3 nitrogen and oxygen atoms in total. The second kappa shape index (κ2) is 8.75. The highest BCUT2D eigenvalue weighted by Gasteiger charge is 2.26. The Morgan fingerprint density at radius 3 is 2.68 bits per heavy atom. The van der Waals surface area contributed by atoms with Gasteiger partial charge in [-0.1, -0.05) is 29.8 Å². The van der Waals surface area contributed by atoms with Crippen LogP contribution < -0.4 is 10.1 Å². The average molecular weight is 399 g/mol. The quantitative estimate of drug-likeness (QED) is 0.703. The number of halogens is 1. The summed E-state index contributed by atoms with van der Waals surface area (Å²) in [6.45, 7) is 7.61. The van der Waals surface area contributed by atoms with Crippen LogP contribution in [0.5, 0.6) is 5.75 Å². The minimum Gasteiger partial charge on any atom is -0.491 e. The Morgan fingerprint density at radius 1 is 1.14 bits per heavy atom. The highest BCUT2D eigenvalue weighted by Crippen LogP contribution is 2.30. The Kier molecular flexibility index (Phi) is 6.13. The number of anilines is 1. The molecule has 28 heavy (non-hydrogen) atoms. The van der Waals surface area contributed by atoms with Gasteiger partial charge in [-0.15, -0.1) is 0 Å². The van der Waals surface area contributed by atoms with Gasteiger partial charge in [0.15, 0.2) is 0 Å². The lowest BCUT2D eigenvalue weighted by molar-refractivity contribution is 0.178. The predicted molar refractivity (Wildman–Crippen MR) is 118 cm³/mol. The number of nitrogens with one attached hydrogen (secondary N) is 1. The first-order valence-electron chi connectivity index (χ1n) is 10.6. The Bertz CT molecular complexity index is 774. The summed E-state index contributed by atoms with van der Waals surface area (Å²) in [7, 11) is 0. The third-order valence-electron chi connectivity index (χ3n) is 5.93. The smallest absolute Gasteiger partial charge is 0.120 e. The number of benzene rings is 2. The number of ether oxygens (including phenoxy) is 1. The average Bonchev–Trinajstić information content (AvgIpc) is 3.08. The van der Waals surface area contributed by atoms with E-state index in [9.17, 15) is 0 Å². The van der Waals surface area contributed by atoms with Crippen molar-refractivity contribution in [3.05, 3.63) is 58.6 Å². The van der Waals surface area contributed by atoms with Crippen molar-refractivity contribution in [1.82, 2.24) is 4.90 Å². The summed E-state index contributed by atoms with van der Waals surface area (Å²) in [5.41, 5.74) is 4.01. The van der Waals surface area contributed by atoms with E-state index in [0.29, 0.717) is 12.0 Å². The fourth-order valence-corrected chi connectivity index (χ4v) is 4.73. The molecule has 1 saturated heterocycles. The molecule has 0 amide bonds. The number of para-hydroxylation sites is 1. The van der Waals surface area contributed by atoms with Crippen LogP contribution in [0.15, 0.2) is 42.5 Å². The SMILES string of the molecule is CC(C)Oc1ccc(Cl)c(CC2CCN(CC3Cc4ccccc4N3)CC2)c1. The van der Waals surface area contributed by atoms with E-state index in [1.165, 1.54) is 42.7 Å². The first-order valence-corrected chi connectivity index (χ1v) is 11.0. The van der Waals surface area contributed by atoms with E-state index in [2.05, 4.69) is 54.4 Å². The van der Waals surface area contributed by atoms with E-state index in [1.54, 1.807) is 0 Å². The molecule has 4 heteroatoms. The van der Waals surface area contributed by atoms with Gasteiger partial charge >= 0.3 is 0 Å². The lowest BCUT2D eigenvalue weighted by Gasteiger charge is -2.33. The fourth-order valence-electron chi connectivity index (χ4n) is 4.53. The van der Waals surface area contributed by atoms with Crippen LogP contribution in [-0.4, -0.2) is 36.7 Å². The maximum Gasteiger partial charge on any atom is 0.120 e. The number of fused-ring (bicyclic) bond motifs is 1. The molecular formula is C24H31ClN2O. The summed E-state index contributed by atoms with van der Waals surface area (Å²) in [5.74, 6) is 1.63. The lowest BCUT2D eigenvalue weighted by Crippen LogP contribution is -2.41. The molecule has 2 aliphatic rings. The fraction of sp³-hybridized carbons (Fsp3) is 0.500. The molecule has 2 heterocycles. The third kappa shape index (κ3) is 4.82. The van der Waals surface area contributed by atoms with Gasteiger partial charge in [0.05, 0.1) is 6.10 Å². The maximum atomic E-state index is 6.46. The zero-order valence-corrected chi connectivity index (χ0v) is 17.7. The summed E-state index contributed by atoms with van der Waals surface area (Å²) in [5, 5.41) is 4.56. The summed E-state index contributed by atoms with van der Waals surface area (Å²) in [6, 6.07) is 15.3. The van der Waals surface area contributed by atoms with Crippen LogP contribution >= 0.6 is 11.6 Å². The third-order valence-corrected chi connectivity index (χ3v) is 6.30. The molecule has 2 aromatic carbocycles. The van der Waals surface area contributed by atoms with Crippen molar-refractivity contribution < 1.29 is 4.74 Å². The van der Waals surface area contributed by atoms with Crippen LogP contribution in [0, 0.1) is 5.92 Å². The highest BCUT2D eigenvalue weighted by molar-refractivity contribution is 6.31. The van der Waals surface area contributed by atoms with Gasteiger partial charge in [-0.3, -0.25) is 0 Å². The molecule has 4 rings (SSSR count). The molecule has 0 aliphatic carbocycles. The molecule has 1 fully saturated rings. The number of rotatable bonds is 6. The summed E-state index contributed by atoms with van der Waals surface area (Å²) in [6.07, 6.45) is 4.87. The van der Waals surface area contributed by atoms with Gasteiger partial charge in [0.2, 0.25) is 0 Å². The summed E-state index contributed by atoms with van der Waals surface area (Å²) < 4.78 is 5.84. The largest absolute Gasteiger partial charge is 0.491 e. The Balaban J connectivity index is 1.27. The molecule has 1 unspecified atom stereocenters. The number of likely N-dealkylation sites (tertiary alicyclic amines) is 1. The molecular weight excluding hydrogens is 368 g/mol. The molecule has 0 spiro atoms. The van der Waals surface area contributed by atoms with Crippen molar-refractivity contribution >= 4 is 17.3 Å². The summed E-state index contributed by atoms with van der Waals surface area (Å²) >= 11 is 6.46. The van der Waals surface area contributed by atoms with Gasteiger partial charge in [-0.2, -0.15) is 0 Å². The molecule has 1 atom stereocenters. The highest BCUT2D eigenvalue weighted by atomic mass is 35.5. The zero-order valence-electron chi connectivity index (χ0n) is 17.0. The number of piperidine rings is 1. The van der Waals surface area contributed by atoms with Crippen LogP contribution in [0.2, 0.25) is 5.02 Å². The van der Waals surface area contributed by atoms with Crippen LogP contribution in [0.4, 0.5) is 5.69 Å². The number of nitrogens with zero attached hydrogens (tertiary/aromatic N) is 1. The van der Waals surface area contributed by atoms with Gasteiger partial charge < -0.3 is 15.0 Å². The van der Waals surface area contributed by atoms with Gasteiger partial charge in [-0.25, -0.2) is 0 Å². The number of hydrogen-bond donors (Lipinski definition) is 1.